The highest BCUT2D eigenvalue weighted by Gasteiger charge is 2.20. The second-order valence-electron chi connectivity index (χ2n) is 3.91. The fourth-order valence-electron chi connectivity index (χ4n) is 1.83. The van der Waals surface area contributed by atoms with E-state index in [2.05, 4.69) is 4.90 Å². The summed E-state index contributed by atoms with van der Waals surface area (Å²) in [5.41, 5.74) is 0. The van der Waals surface area contributed by atoms with Crippen LogP contribution in [0.3, 0.4) is 0 Å². The van der Waals surface area contributed by atoms with Gasteiger partial charge >= 0.3 is 0 Å². The molecule has 1 saturated heterocycles. The van der Waals surface area contributed by atoms with Gasteiger partial charge in [0.2, 0.25) is 0 Å². The molecule has 0 N–H and O–H groups in total. The summed E-state index contributed by atoms with van der Waals surface area (Å²) in [4.78, 5) is 2.44. The minimum Gasteiger partial charge on any atom is -0.382 e. The van der Waals surface area contributed by atoms with Crippen LogP contribution in [-0.4, -0.2) is 64.7 Å². The van der Waals surface area contributed by atoms with E-state index < -0.39 is 0 Å². The van der Waals surface area contributed by atoms with Crippen molar-refractivity contribution in [3.05, 3.63) is 0 Å². The zero-order valence-electron chi connectivity index (χ0n) is 9.91. The molecule has 1 aliphatic heterocycles. The maximum atomic E-state index is 5.40. The van der Waals surface area contributed by atoms with Crippen molar-refractivity contribution in [2.75, 3.05) is 53.7 Å². The van der Waals surface area contributed by atoms with Crippen LogP contribution in [-0.2, 0) is 14.2 Å². The zero-order chi connectivity index (χ0) is 10.9. The third kappa shape index (κ3) is 5.47. The Bertz CT molecular complexity index is 155. The van der Waals surface area contributed by atoms with Crippen LogP contribution < -0.4 is 0 Å². The van der Waals surface area contributed by atoms with Crippen LogP contribution in [0.15, 0.2) is 0 Å². The molecule has 0 spiro atoms. The van der Waals surface area contributed by atoms with Gasteiger partial charge < -0.3 is 19.1 Å². The lowest BCUT2D eigenvalue weighted by molar-refractivity contribution is 0.0646. The molecule has 0 aromatic rings. The predicted octanol–water partition coefficient (Wildman–Crippen LogP) is 0.760. The summed E-state index contributed by atoms with van der Waals surface area (Å²) >= 11 is 0. The molecule has 0 amide bonds. The SMILES string of the molecule is COCCOCCCN1CCC(OC)C1. The molecule has 1 heterocycles. The highest BCUT2D eigenvalue weighted by Crippen LogP contribution is 2.11. The van der Waals surface area contributed by atoms with Gasteiger partial charge in [0.25, 0.3) is 0 Å². The molecule has 0 saturated carbocycles. The number of rotatable bonds is 8. The lowest BCUT2D eigenvalue weighted by atomic mass is 10.3. The van der Waals surface area contributed by atoms with E-state index in [-0.39, 0.29) is 0 Å². The lowest BCUT2D eigenvalue weighted by Gasteiger charge is -2.15. The van der Waals surface area contributed by atoms with Gasteiger partial charge in [0.15, 0.2) is 0 Å². The normalized spacial score (nSPS) is 22.4. The van der Waals surface area contributed by atoms with E-state index in [0.717, 1.165) is 32.7 Å². The van der Waals surface area contributed by atoms with E-state index in [1.807, 2.05) is 0 Å². The molecule has 15 heavy (non-hydrogen) atoms. The van der Waals surface area contributed by atoms with Gasteiger partial charge in [-0.25, -0.2) is 0 Å². The van der Waals surface area contributed by atoms with Gasteiger partial charge in [0, 0.05) is 40.5 Å². The molecule has 1 atom stereocenters. The van der Waals surface area contributed by atoms with Gasteiger partial charge in [-0.3, -0.25) is 0 Å². The first-order valence-corrected chi connectivity index (χ1v) is 5.68. The molecule has 4 heteroatoms. The Labute approximate surface area is 92.5 Å². The van der Waals surface area contributed by atoms with E-state index in [1.165, 1.54) is 6.42 Å². The first-order valence-electron chi connectivity index (χ1n) is 5.68. The van der Waals surface area contributed by atoms with Crippen LogP contribution >= 0.6 is 0 Å². The number of likely N-dealkylation sites (tertiary alicyclic amines) is 1. The third-order valence-electron chi connectivity index (χ3n) is 2.76. The maximum absolute atomic E-state index is 5.40. The Kier molecular flexibility index (Phi) is 6.92. The molecule has 1 aliphatic rings. The molecule has 90 valence electrons. The molecular weight excluding hydrogens is 194 g/mol. The standard InChI is InChI=1S/C11H23NO3/c1-13-8-9-15-7-3-5-12-6-4-11(10-12)14-2/h11H,3-10H2,1-2H3. The highest BCUT2D eigenvalue weighted by molar-refractivity contribution is 4.75. The first-order chi connectivity index (χ1) is 7.36. The fraction of sp³-hybridized carbons (Fsp3) is 1.00. The van der Waals surface area contributed by atoms with Crippen molar-refractivity contribution in [1.82, 2.24) is 4.90 Å². The van der Waals surface area contributed by atoms with Crippen molar-refractivity contribution < 1.29 is 14.2 Å². The minimum absolute atomic E-state index is 0.444. The third-order valence-corrected chi connectivity index (χ3v) is 2.76. The molecule has 0 aromatic carbocycles. The number of hydrogen-bond donors (Lipinski definition) is 0. The van der Waals surface area contributed by atoms with Crippen molar-refractivity contribution in [1.29, 1.82) is 0 Å². The van der Waals surface area contributed by atoms with E-state index in [4.69, 9.17) is 14.2 Å². The number of methoxy groups -OCH3 is 2. The molecule has 0 bridgehead atoms. The van der Waals surface area contributed by atoms with E-state index in [0.29, 0.717) is 19.3 Å². The number of hydrogen-bond acceptors (Lipinski definition) is 4. The van der Waals surface area contributed by atoms with E-state index in [1.54, 1.807) is 14.2 Å². The zero-order valence-corrected chi connectivity index (χ0v) is 9.91. The van der Waals surface area contributed by atoms with Crippen LogP contribution in [0, 0.1) is 0 Å². The minimum atomic E-state index is 0.444. The molecule has 0 radical (unpaired) electrons. The molecule has 4 nitrogen and oxygen atoms in total. The van der Waals surface area contributed by atoms with Crippen molar-refractivity contribution in [3.63, 3.8) is 0 Å². The van der Waals surface area contributed by atoms with Gasteiger partial charge in [-0.05, 0) is 12.8 Å². The van der Waals surface area contributed by atoms with Gasteiger partial charge in [0.1, 0.15) is 0 Å². The Morgan fingerprint density at radius 2 is 2.07 bits per heavy atom. The monoisotopic (exact) mass is 217 g/mol. The first kappa shape index (κ1) is 12.9. The Morgan fingerprint density at radius 1 is 1.20 bits per heavy atom. The van der Waals surface area contributed by atoms with Crippen molar-refractivity contribution in [3.8, 4) is 0 Å². The van der Waals surface area contributed by atoms with Crippen molar-refractivity contribution >= 4 is 0 Å². The van der Waals surface area contributed by atoms with Gasteiger partial charge in [-0.1, -0.05) is 0 Å². The summed E-state index contributed by atoms with van der Waals surface area (Å²) in [6.45, 7) is 5.59. The van der Waals surface area contributed by atoms with E-state index >= 15 is 0 Å². The maximum Gasteiger partial charge on any atom is 0.0710 e. The molecular formula is C11H23NO3. The Morgan fingerprint density at radius 3 is 2.73 bits per heavy atom. The van der Waals surface area contributed by atoms with Crippen LogP contribution in [0.25, 0.3) is 0 Å². The Hall–Kier alpha value is -0.160. The van der Waals surface area contributed by atoms with Gasteiger partial charge in [-0.15, -0.1) is 0 Å². The van der Waals surface area contributed by atoms with Gasteiger partial charge in [0.05, 0.1) is 19.3 Å². The van der Waals surface area contributed by atoms with Crippen molar-refractivity contribution in [2.24, 2.45) is 0 Å². The summed E-state index contributed by atoms with van der Waals surface area (Å²) in [6.07, 6.45) is 2.71. The van der Waals surface area contributed by atoms with Gasteiger partial charge in [-0.2, -0.15) is 0 Å². The van der Waals surface area contributed by atoms with Crippen LogP contribution in [0.5, 0.6) is 0 Å². The smallest absolute Gasteiger partial charge is 0.0710 e. The molecule has 1 unspecified atom stereocenters. The average molecular weight is 217 g/mol. The summed E-state index contributed by atoms with van der Waals surface area (Å²) < 4.78 is 15.6. The summed E-state index contributed by atoms with van der Waals surface area (Å²) in [7, 11) is 3.49. The van der Waals surface area contributed by atoms with Crippen LogP contribution in [0.2, 0.25) is 0 Å². The quantitative estimate of drug-likeness (QED) is 0.562. The fourth-order valence-corrected chi connectivity index (χ4v) is 1.83. The second-order valence-corrected chi connectivity index (χ2v) is 3.91. The van der Waals surface area contributed by atoms with Crippen LogP contribution in [0.1, 0.15) is 12.8 Å². The summed E-state index contributed by atoms with van der Waals surface area (Å²) in [5, 5.41) is 0. The number of nitrogens with zero attached hydrogens (tertiary/aromatic N) is 1. The Balaban J connectivity index is 1.88. The van der Waals surface area contributed by atoms with Crippen LogP contribution in [0.4, 0.5) is 0 Å². The highest BCUT2D eigenvalue weighted by atomic mass is 16.5. The molecule has 0 aliphatic carbocycles. The second kappa shape index (κ2) is 8.05. The topological polar surface area (TPSA) is 30.9 Å². The largest absolute Gasteiger partial charge is 0.382 e. The molecule has 0 aromatic heterocycles. The summed E-state index contributed by atoms with van der Waals surface area (Å²) in [6, 6.07) is 0. The predicted molar refractivity (Wildman–Crippen MR) is 59.2 cm³/mol. The average Bonchev–Trinajstić information content (AvgIpc) is 2.71. The lowest BCUT2D eigenvalue weighted by Crippen LogP contribution is -2.24. The van der Waals surface area contributed by atoms with E-state index in [9.17, 15) is 0 Å². The van der Waals surface area contributed by atoms with Crippen molar-refractivity contribution in [2.45, 2.75) is 18.9 Å². The molecule has 1 fully saturated rings. The number of ether oxygens (including phenoxy) is 3. The molecule has 1 rings (SSSR count). The summed E-state index contributed by atoms with van der Waals surface area (Å²) in [5.74, 6) is 0.